The maximum absolute atomic E-state index is 13.7. The number of carbonyl (C=O) groups excluding carboxylic acids is 2. The number of fused-ring (bicyclic) bond motifs is 1. The second-order valence-corrected chi connectivity index (χ2v) is 11.1. The van der Waals surface area contributed by atoms with Crippen molar-refractivity contribution in [2.24, 2.45) is 11.8 Å². The fourth-order valence-corrected chi connectivity index (χ4v) is 6.54. The number of aryl methyl sites for hydroxylation is 1. The minimum absolute atomic E-state index is 0.0126. The summed E-state index contributed by atoms with van der Waals surface area (Å²) in [6.45, 7) is 8.83. The molecule has 0 spiro atoms. The third-order valence-electron chi connectivity index (χ3n) is 8.71. The van der Waals surface area contributed by atoms with Crippen LogP contribution in [0.5, 0.6) is 5.75 Å². The van der Waals surface area contributed by atoms with E-state index < -0.39 is 0 Å². The van der Waals surface area contributed by atoms with Crippen LogP contribution in [0.3, 0.4) is 0 Å². The fraction of sp³-hybridized carbons (Fsp3) is 0.516. The number of aromatic amines is 1. The van der Waals surface area contributed by atoms with Gasteiger partial charge in [-0.3, -0.25) is 14.4 Å². The lowest BCUT2D eigenvalue weighted by molar-refractivity contribution is -0.137. The number of amides is 1. The highest BCUT2D eigenvalue weighted by Gasteiger charge is 2.33. The quantitative estimate of drug-likeness (QED) is 0.427. The Morgan fingerprint density at radius 3 is 2.59 bits per heavy atom. The molecule has 4 heterocycles. The number of carbonyl (C=O) groups is 2. The van der Waals surface area contributed by atoms with Crippen molar-refractivity contribution >= 4 is 22.6 Å². The zero-order valence-electron chi connectivity index (χ0n) is 23.4. The summed E-state index contributed by atoms with van der Waals surface area (Å²) in [7, 11) is 1.54. The largest absolute Gasteiger partial charge is 0.496 e. The normalized spacial score (nSPS) is 19.0. The van der Waals surface area contributed by atoms with Gasteiger partial charge in [0.1, 0.15) is 5.75 Å². The zero-order chi connectivity index (χ0) is 27.7. The van der Waals surface area contributed by atoms with Gasteiger partial charge in [-0.15, -0.1) is 0 Å². The molecule has 2 saturated heterocycles. The molecule has 2 aliphatic heterocycles. The Bertz CT molecular complexity index is 1420. The van der Waals surface area contributed by atoms with Crippen molar-refractivity contribution < 1.29 is 19.1 Å². The number of ketones is 1. The maximum atomic E-state index is 13.7. The van der Waals surface area contributed by atoms with E-state index in [2.05, 4.69) is 22.5 Å². The van der Waals surface area contributed by atoms with Crippen LogP contribution in [0.25, 0.3) is 10.9 Å². The number of pyridine rings is 1. The molecule has 0 bridgehead atoms. The molecule has 2 atom stereocenters. The monoisotopic (exact) mass is 533 g/mol. The first kappa shape index (κ1) is 27.2. The molecule has 0 aliphatic carbocycles. The number of methoxy groups -OCH3 is 1. The number of hydrogen-bond donors (Lipinski definition) is 1. The second kappa shape index (κ2) is 11.4. The number of nitrogens with zero attached hydrogens (tertiary/aromatic N) is 2. The number of aromatic nitrogens is 2. The number of piperidine rings is 1. The Balaban J connectivity index is 1.35. The average molecular weight is 534 g/mol. The van der Waals surface area contributed by atoms with Gasteiger partial charge in [0.25, 0.3) is 5.56 Å². The zero-order valence-corrected chi connectivity index (χ0v) is 23.4. The first-order valence-corrected chi connectivity index (χ1v) is 14.1. The van der Waals surface area contributed by atoms with Gasteiger partial charge in [-0.05, 0) is 64.5 Å². The molecule has 8 nitrogen and oxygen atoms in total. The predicted octanol–water partition coefficient (Wildman–Crippen LogP) is 4.61. The lowest BCUT2D eigenvalue weighted by atomic mass is 9.89. The summed E-state index contributed by atoms with van der Waals surface area (Å²) in [4.78, 5) is 43.9. The third-order valence-corrected chi connectivity index (χ3v) is 8.71. The van der Waals surface area contributed by atoms with Crippen LogP contribution in [0, 0.1) is 25.7 Å². The van der Waals surface area contributed by atoms with Crippen molar-refractivity contribution in [3.05, 3.63) is 63.2 Å². The summed E-state index contributed by atoms with van der Waals surface area (Å²) < 4.78 is 13.2. The van der Waals surface area contributed by atoms with Crippen molar-refractivity contribution in [3.63, 3.8) is 0 Å². The van der Waals surface area contributed by atoms with Crippen LogP contribution in [0.15, 0.2) is 35.1 Å². The Kier molecular flexibility index (Phi) is 7.93. The smallest absolute Gasteiger partial charge is 0.255 e. The van der Waals surface area contributed by atoms with Gasteiger partial charge >= 0.3 is 0 Å². The van der Waals surface area contributed by atoms with E-state index in [1.54, 1.807) is 13.2 Å². The van der Waals surface area contributed by atoms with Gasteiger partial charge in [0.2, 0.25) is 5.91 Å². The van der Waals surface area contributed by atoms with Crippen molar-refractivity contribution in [3.8, 4) is 5.75 Å². The van der Waals surface area contributed by atoms with Crippen LogP contribution in [-0.2, 0) is 16.0 Å². The van der Waals surface area contributed by atoms with E-state index >= 15 is 0 Å². The van der Waals surface area contributed by atoms with Crippen LogP contribution in [0.2, 0.25) is 0 Å². The molecule has 208 valence electrons. The molecule has 8 heteroatoms. The van der Waals surface area contributed by atoms with Gasteiger partial charge in [0, 0.05) is 60.0 Å². The molecule has 0 saturated carbocycles. The molecule has 3 aromatic rings. The minimum atomic E-state index is -0.210. The molecule has 2 fully saturated rings. The van der Waals surface area contributed by atoms with Gasteiger partial charge in [0.15, 0.2) is 5.78 Å². The van der Waals surface area contributed by atoms with E-state index in [0.29, 0.717) is 36.9 Å². The Morgan fingerprint density at radius 2 is 1.90 bits per heavy atom. The number of benzene rings is 1. The van der Waals surface area contributed by atoms with E-state index in [4.69, 9.17) is 9.47 Å². The SMILES string of the molecule is COc1cc(C)[nH]c(=O)c1CCC(=O)c1c(C)n([C@H](C)C2CCN(C(=O)C3CCOC3)CC2)c2ccccc12. The summed E-state index contributed by atoms with van der Waals surface area (Å²) in [5.41, 5.74) is 3.75. The van der Waals surface area contributed by atoms with Gasteiger partial charge in [-0.2, -0.15) is 0 Å². The van der Waals surface area contributed by atoms with Crippen molar-refractivity contribution in [1.82, 2.24) is 14.5 Å². The lowest BCUT2D eigenvalue weighted by Gasteiger charge is -2.37. The third kappa shape index (κ3) is 5.26. The van der Waals surface area contributed by atoms with Crippen molar-refractivity contribution in [2.75, 3.05) is 33.4 Å². The molecular weight excluding hydrogens is 494 g/mol. The van der Waals surface area contributed by atoms with E-state index in [-0.39, 0.29) is 35.6 Å². The summed E-state index contributed by atoms with van der Waals surface area (Å²) >= 11 is 0. The molecule has 39 heavy (non-hydrogen) atoms. The maximum Gasteiger partial charge on any atom is 0.255 e. The van der Waals surface area contributed by atoms with Gasteiger partial charge < -0.3 is 23.9 Å². The Hall–Kier alpha value is -3.39. The van der Waals surface area contributed by atoms with E-state index in [9.17, 15) is 14.4 Å². The molecule has 1 aromatic carbocycles. The van der Waals surface area contributed by atoms with Gasteiger partial charge in [-0.1, -0.05) is 18.2 Å². The molecule has 1 N–H and O–H groups in total. The van der Waals surface area contributed by atoms with Crippen molar-refractivity contribution in [2.45, 2.75) is 58.9 Å². The number of H-pyrrole nitrogens is 1. The first-order valence-electron chi connectivity index (χ1n) is 14.1. The average Bonchev–Trinajstić information content (AvgIpc) is 3.57. The highest BCUT2D eigenvalue weighted by molar-refractivity contribution is 6.09. The number of hydrogen-bond acceptors (Lipinski definition) is 5. The molecule has 2 aliphatic rings. The number of rotatable bonds is 8. The highest BCUT2D eigenvalue weighted by Crippen LogP contribution is 2.36. The van der Waals surface area contributed by atoms with Crippen LogP contribution in [0.1, 0.15) is 66.0 Å². The number of ether oxygens (including phenoxy) is 2. The number of nitrogens with one attached hydrogen (secondary N) is 1. The van der Waals surface area contributed by atoms with E-state index in [1.807, 2.05) is 36.9 Å². The van der Waals surface area contributed by atoms with Gasteiger partial charge in [0.05, 0.1) is 25.2 Å². The summed E-state index contributed by atoms with van der Waals surface area (Å²) in [6, 6.07) is 10.1. The number of Topliss-reactive ketones (excluding diaryl/α,β-unsaturated/α-hetero) is 1. The lowest BCUT2D eigenvalue weighted by Crippen LogP contribution is -2.43. The Morgan fingerprint density at radius 1 is 1.15 bits per heavy atom. The molecular formula is C31H39N3O5. The van der Waals surface area contributed by atoms with Crippen LogP contribution >= 0.6 is 0 Å². The molecule has 5 rings (SSSR count). The minimum Gasteiger partial charge on any atom is -0.496 e. The standard InChI is InChI=1S/C31H39N3O5/c1-19-17-28(38-4)25(30(36)32-19)9-10-27(35)29-21(3)34(26-8-6-5-7-24(26)29)20(2)22-11-14-33(15-12-22)31(37)23-13-16-39-18-23/h5-8,17,20,22-23H,9-16,18H2,1-4H3,(H,32,36)/t20-,23?/m1/s1. The molecule has 1 unspecified atom stereocenters. The van der Waals surface area contributed by atoms with E-state index in [1.165, 1.54) is 0 Å². The molecule has 0 radical (unpaired) electrons. The predicted molar refractivity (Wildman–Crippen MR) is 151 cm³/mol. The summed E-state index contributed by atoms with van der Waals surface area (Å²) in [6.07, 6.45) is 3.23. The summed E-state index contributed by atoms with van der Waals surface area (Å²) in [5, 5.41) is 0.950. The highest BCUT2D eigenvalue weighted by atomic mass is 16.5. The fourth-order valence-electron chi connectivity index (χ4n) is 6.54. The van der Waals surface area contributed by atoms with Gasteiger partial charge in [-0.25, -0.2) is 0 Å². The van der Waals surface area contributed by atoms with E-state index in [0.717, 1.165) is 60.2 Å². The van der Waals surface area contributed by atoms with Crippen LogP contribution in [-0.4, -0.2) is 59.6 Å². The molecule has 1 amide bonds. The number of para-hydroxylation sites is 1. The van der Waals surface area contributed by atoms with Crippen LogP contribution < -0.4 is 10.3 Å². The molecule has 2 aromatic heterocycles. The summed E-state index contributed by atoms with van der Waals surface area (Å²) in [5.74, 6) is 1.19. The van der Waals surface area contributed by atoms with Crippen LogP contribution in [0.4, 0.5) is 0 Å². The first-order chi connectivity index (χ1) is 18.8. The van der Waals surface area contributed by atoms with Crippen molar-refractivity contribution in [1.29, 1.82) is 0 Å². The second-order valence-electron chi connectivity index (χ2n) is 11.1. The Labute approximate surface area is 229 Å². The number of likely N-dealkylation sites (tertiary alicyclic amines) is 1. The topological polar surface area (TPSA) is 93.6 Å².